The summed E-state index contributed by atoms with van der Waals surface area (Å²) < 4.78 is 0. The van der Waals surface area contributed by atoms with Crippen molar-refractivity contribution in [2.45, 2.75) is 45.1 Å². The van der Waals surface area contributed by atoms with Gasteiger partial charge in [0.1, 0.15) is 6.04 Å². The number of hydrogen-bond acceptors (Lipinski definition) is 3. The van der Waals surface area contributed by atoms with Crippen LogP contribution in [0.3, 0.4) is 0 Å². The van der Waals surface area contributed by atoms with E-state index in [-0.39, 0.29) is 11.3 Å². The first kappa shape index (κ1) is 15.5. The molecule has 1 aromatic rings. The summed E-state index contributed by atoms with van der Waals surface area (Å²) in [5.74, 6) is -0.686. The molecule has 0 radical (unpaired) electrons. The Bertz CT molecular complexity index is 531. The Balaban J connectivity index is 2.18. The summed E-state index contributed by atoms with van der Waals surface area (Å²) in [6.07, 6.45) is 1.35. The molecule has 2 amide bonds. The van der Waals surface area contributed by atoms with Crippen molar-refractivity contribution in [3.05, 3.63) is 35.4 Å². The minimum atomic E-state index is -0.579. The van der Waals surface area contributed by atoms with Crippen LogP contribution >= 0.6 is 0 Å². The first-order valence-corrected chi connectivity index (χ1v) is 7.20. The molecule has 1 atom stereocenters. The fraction of sp³-hybridized carbons (Fsp3) is 0.500. The predicted octanol–water partition coefficient (Wildman–Crippen LogP) is 2.09. The van der Waals surface area contributed by atoms with Crippen LogP contribution in [0.15, 0.2) is 24.3 Å². The number of rotatable bonds is 2. The van der Waals surface area contributed by atoms with Crippen LogP contribution in [0.5, 0.6) is 0 Å². The van der Waals surface area contributed by atoms with Crippen molar-refractivity contribution >= 4 is 11.8 Å². The van der Waals surface area contributed by atoms with E-state index in [1.54, 1.807) is 17.6 Å². The molecule has 2 N–H and O–H groups in total. The zero-order chi connectivity index (χ0) is 15.6. The van der Waals surface area contributed by atoms with Crippen LogP contribution in [0.4, 0.5) is 0 Å². The van der Waals surface area contributed by atoms with Crippen molar-refractivity contribution in [3.63, 3.8) is 0 Å². The lowest BCUT2D eigenvalue weighted by molar-refractivity contribution is -0.133. The SMILES string of the molecule is CC(C)(C)c1ccc(C(=O)N2CCC[C@H]2C(=O)NO)cc1. The lowest BCUT2D eigenvalue weighted by Gasteiger charge is -2.24. The topological polar surface area (TPSA) is 69.6 Å². The monoisotopic (exact) mass is 290 g/mol. The van der Waals surface area contributed by atoms with Crippen LogP contribution in [0.25, 0.3) is 0 Å². The molecule has 0 bridgehead atoms. The summed E-state index contributed by atoms with van der Waals surface area (Å²) in [7, 11) is 0. The average molecular weight is 290 g/mol. The standard InChI is InChI=1S/C16H22N2O3/c1-16(2,3)12-8-6-11(7-9-12)15(20)18-10-4-5-13(18)14(19)17-21/h6-9,13,21H,4-5,10H2,1-3H3,(H,17,19)/t13-/m0/s1. The average Bonchev–Trinajstić information content (AvgIpc) is 2.94. The van der Waals surface area contributed by atoms with E-state index >= 15 is 0 Å². The largest absolute Gasteiger partial charge is 0.327 e. The van der Waals surface area contributed by atoms with Crippen LogP contribution in [0, 0.1) is 0 Å². The lowest BCUT2D eigenvalue weighted by atomic mass is 9.86. The van der Waals surface area contributed by atoms with Gasteiger partial charge in [-0.25, -0.2) is 5.48 Å². The van der Waals surface area contributed by atoms with Crippen molar-refractivity contribution in [1.29, 1.82) is 0 Å². The number of benzene rings is 1. The molecule has 5 nitrogen and oxygen atoms in total. The first-order valence-electron chi connectivity index (χ1n) is 7.20. The number of carbonyl (C=O) groups is 2. The van der Waals surface area contributed by atoms with Crippen molar-refractivity contribution in [2.24, 2.45) is 0 Å². The van der Waals surface area contributed by atoms with Crippen molar-refractivity contribution < 1.29 is 14.8 Å². The van der Waals surface area contributed by atoms with E-state index in [4.69, 9.17) is 5.21 Å². The Morgan fingerprint density at radius 3 is 2.38 bits per heavy atom. The molecule has 1 aliphatic rings. The Morgan fingerprint density at radius 1 is 1.24 bits per heavy atom. The van der Waals surface area contributed by atoms with E-state index in [9.17, 15) is 9.59 Å². The molecule has 0 aliphatic carbocycles. The first-order chi connectivity index (χ1) is 9.84. The van der Waals surface area contributed by atoms with Crippen molar-refractivity contribution in [2.75, 3.05) is 6.54 Å². The third kappa shape index (κ3) is 3.24. The molecule has 1 aromatic carbocycles. The van der Waals surface area contributed by atoms with Gasteiger partial charge in [0.05, 0.1) is 0 Å². The molecular weight excluding hydrogens is 268 g/mol. The number of nitrogens with one attached hydrogen (secondary N) is 1. The summed E-state index contributed by atoms with van der Waals surface area (Å²) >= 11 is 0. The van der Waals surface area contributed by atoms with E-state index < -0.39 is 11.9 Å². The number of carbonyl (C=O) groups excluding carboxylic acids is 2. The molecule has 1 heterocycles. The Hall–Kier alpha value is -1.88. The Labute approximate surface area is 124 Å². The van der Waals surface area contributed by atoms with Gasteiger partial charge < -0.3 is 4.90 Å². The van der Waals surface area contributed by atoms with Gasteiger partial charge in [-0.2, -0.15) is 0 Å². The van der Waals surface area contributed by atoms with Gasteiger partial charge in [-0.3, -0.25) is 14.8 Å². The predicted molar refractivity (Wildman–Crippen MR) is 79.1 cm³/mol. The molecule has 5 heteroatoms. The maximum atomic E-state index is 12.5. The second-order valence-corrected chi connectivity index (χ2v) is 6.46. The fourth-order valence-corrected chi connectivity index (χ4v) is 2.64. The van der Waals surface area contributed by atoms with Crippen molar-refractivity contribution in [3.8, 4) is 0 Å². The zero-order valence-electron chi connectivity index (χ0n) is 12.7. The summed E-state index contributed by atoms with van der Waals surface area (Å²) in [6.45, 7) is 6.89. The Kier molecular flexibility index (Phi) is 4.32. The molecule has 1 fully saturated rings. The Morgan fingerprint density at radius 2 is 1.86 bits per heavy atom. The smallest absolute Gasteiger partial charge is 0.266 e. The molecular formula is C16H22N2O3. The van der Waals surface area contributed by atoms with Gasteiger partial charge in [0.25, 0.3) is 11.8 Å². The van der Waals surface area contributed by atoms with Crippen LogP contribution < -0.4 is 5.48 Å². The van der Waals surface area contributed by atoms with Gasteiger partial charge in [-0.05, 0) is 36.0 Å². The summed E-state index contributed by atoms with van der Waals surface area (Å²) in [5.41, 5.74) is 3.40. The highest BCUT2D eigenvalue weighted by Gasteiger charge is 2.34. The minimum absolute atomic E-state index is 0.0362. The lowest BCUT2D eigenvalue weighted by Crippen LogP contribution is -2.45. The van der Waals surface area contributed by atoms with E-state index in [0.717, 1.165) is 12.0 Å². The van der Waals surface area contributed by atoms with Gasteiger partial charge in [0, 0.05) is 12.1 Å². The summed E-state index contributed by atoms with van der Waals surface area (Å²) in [4.78, 5) is 25.6. The maximum absolute atomic E-state index is 12.5. The number of amides is 2. The van der Waals surface area contributed by atoms with Gasteiger partial charge in [-0.1, -0.05) is 32.9 Å². The highest BCUT2D eigenvalue weighted by Crippen LogP contribution is 2.24. The van der Waals surface area contributed by atoms with Gasteiger partial charge in [-0.15, -0.1) is 0 Å². The number of likely N-dealkylation sites (tertiary alicyclic amines) is 1. The molecule has 0 aromatic heterocycles. The zero-order valence-corrected chi connectivity index (χ0v) is 12.7. The highest BCUT2D eigenvalue weighted by atomic mass is 16.5. The molecule has 2 rings (SSSR count). The van der Waals surface area contributed by atoms with Crippen molar-refractivity contribution in [1.82, 2.24) is 10.4 Å². The third-order valence-electron chi connectivity index (χ3n) is 3.92. The molecule has 114 valence electrons. The molecule has 1 aliphatic heterocycles. The van der Waals surface area contributed by atoms with E-state index in [2.05, 4.69) is 20.8 Å². The molecule has 0 unspecified atom stereocenters. The summed E-state index contributed by atoms with van der Waals surface area (Å²) in [5, 5.41) is 8.75. The third-order valence-corrected chi connectivity index (χ3v) is 3.92. The van der Waals surface area contributed by atoms with Gasteiger partial charge in [0.2, 0.25) is 0 Å². The van der Waals surface area contributed by atoms with Crippen LogP contribution in [-0.2, 0) is 10.2 Å². The highest BCUT2D eigenvalue weighted by molar-refractivity contribution is 5.97. The van der Waals surface area contributed by atoms with Gasteiger partial charge in [0.15, 0.2) is 0 Å². The molecule has 1 saturated heterocycles. The fourth-order valence-electron chi connectivity index (χ4n) is 2.64. The van der Waals surface area contributed by atoms with Crippen LogP contribution in [0.1, 0.15) is 49.5 Å². The quantitative estimate of drug-likeness (QED) is 0.647. The normalized spacial score (nSPS) is 18.7. The van der Waals surface area contributed by atoms with E-state index in [0.29, 0.717) is 18.5 Å². The second-order valence-electron chi connectivity index (χ2n) is 6.46. The van der Waals surface area contributed by atoms with E-state index in [1.807, 2.05) is 12.1 Å². The molecule has 0 saturated carbocycles. The molecule has 21 heavy (non-hydrogen) atoms. The second kappa shape index (κ2) is 5.85. The molecule has 0 spiro atoms. The van der Waals surface area contributed by atoms with Gasteiger partial charge >= 0.3 is 0 Å². The van der Waals surface area contributed by atoms with Crippen LogP contribution in [-0.4, -0.2) is 34.5 Å². The number of nitrogens with zero attached hydrogens (tertiary/aromatic N) is 1. The minimum Gasteiger partial charge on any atom is -0.327 e. The van der Waals surface area contributed by atoms with Crippen LogP contribution in [0.2, 0.25) is 0 Å². The van der Waals surface area contributed by atoms with E-state index in [1.165, 1.54) is 4.90 Å². The maximum Gasteiger partial charge on any atom is 0.266 e. The number of hydroxylamine groups is 1. The number of hydrogen-bond donors (Lipinski definition) is 2. The summed E-state index contributed by atoms with van der Waals surface area (Å²) in [6, 6.07) is 6.92.